The fourth-order valence-electron chi connectivity index (χ4n) is 3.21. The van der Waals surface area contributed by atoms with Crippen LogP contribution in [0.2, 0.25) is 0 Å². The van der Waals surface area contributed by atoms with Gasteiger partial charge in [-0.2, -0.15) is 0 Å². The van der Waals surface area contributed by atoms with E-state index >= 15 is 0 Å². The molecule has 0 bridgehead atoms. The highest BCUT2D eigenvalue weighted by Gasteiger charge is 2.46. The van der Waals surface area contributed by atoms with Crippen LogP contribution in [0.5, 0.6) is 0 Å². The molecule has 33 heavy (non-hydrogen) atoms. The van der Waals surface area contributed by atoms with Gasteiger partial charge >= 0.3 is 11.9 Å². The zero-order chi connectivity index (χ0) is 25.3. The number of aliphatic hydroxyl groups is 3. The molecule has 0 aromatic heterocycles. The normalized spacial score (nSPS) is 27.8. The number of rotatable bonds is 13. The van der Waals surface area contributed by atoms with Crippen molar-refractivity contribution in [3.63, 3.8) is 0 Å². The lowest BCUT2D eigenvalue weighted by Gasteiger charge is -2.43. The zero-order valence-electron chi connectivity index (χ0n) is 18.6. The minimum atomic E-state index is -1.54. The van der Waals surface area contributed by atoms with E-state index in [-0.39, 0.29) is 13.0 Å². The van der Waals surface area contributed by atoms with Crippen LogP contribution in [0.3, 0.4) is 0 Å². The van der Waals surface area contributed by atoms with E-state index in [0.717, 1.165) is 0 Å². The molecule has 1 rings (SSSR count). The standard InChI is InChI=1S/C19H33N3O11/c1-8(6-20-9(2)17(28)22-11(18(29)30)4-5-13(25)26)32-16-14(21-10(3)24)19(31)33-12(7-23)15(16)27/h8-9,11-12,14-16,19-20,23,27,31H,4-7H2,1-3H3,(H,21,24)(H,22,28)(H,25,26)(H,29,30)/t8?,9-,11+,12+,14+,15+,16+,19-/m0/s1. The van der Waals surface area contributed by atoms with Crippen molar-refractivity contribution < 1.29 is 54.2 Å². The van der Waals surface area contributed by atoms with E-state index in [0.29, 0.717) is 0 Å². The van der Waals surface area contributed by atoms with Crippen LogP contribution in [0.15, 0.2) is 0 Å². The molecular formula is C19H33N3O11. The molecule has 0 aliphatic carbocycles. The van der Waals surface area contributed by atoms with E-state index in [9.17, 15) is 34.5 Å². The minimum absolute atomic E-state index is 0.0538. The molecule has 0 radical (unpaired) electrons. The highest BCUT2D eigenvalue weighted by molar-refractivity contribution is 5.86. The zero-order valence-corrected chi connectivity index (χ0v) is 18.6. The number of hydrogen-bond acceptors (Lipinski definition) is 10. The Kier molecular flexibility index (Phi) is 11.6. The number of carboxylic acids is 2. The number of hydrogen-bond donors (Lipinski definition) is 8. The Morgan fingerprint density at radius 3 is 2.27 bits per heavy atom. The summed E-state index contributed by atoms with van der Waals surface area (Å²) in [7, 11) is 0. The third kappa shape index (κ3) is 9.19. The lowest BCUT2D eigenvalue weighted by Crippen LogP contribution is -2.65. The van der Waals surface area contributed by atoms with Gasteiger partial charge in [-0.3, -0.25) is 14.4 Å². The van der Waals surface area contributed by atoms with Gasteiger partial charge in [0.15, 0.2) is 6.29 Å². The van der Waals surface area contributed by atoms with Crippen molar-refractivity contribution in [1.29, 1.82) is 0 Å². The second-order valence-corrected chi connectivity index (χ2v) is 7.84. The monoisotopic (exact) mass is 479 g/mol. The molecule has 1 aliphatic rings. The van der Waals surface area contributed by atoms with Crippen LogP contribution in [0.1, 0.15) is 33.6 Å². The van der Waals surface area contributed by atoms with Gasteiger partial charge in [-0.25, -0.2) is 4.79 Å². The van der Waals surface area contributed by atoms with Gasteiger partial charge in [0.05, 0.1) is 18.8 Å². The summed E-state index contributed by atoms with van der Waals surface area (Å²) in [5, 5.41) is 55.3. The van der Waals surface area contributed by atoms with Crippen molar-refractivity contribution in [2.45, 2.75) is 82.4 Å². The SMILES string of the molecule is CC(=O)N[C@@H]1[C@@H](OC(C)CN[C@@H](C)C(=O)N[C@H](CCC(=O)O)C(=O)O)[C@H](O)[C@@H](CO)O[C@@H]1O. The molecule has 2 amide bonds. The van der Waals surface area contributed by atoms with Crippen LogP contribution in [-0.2, 0) is 28.7 Å². The number of carbonyl (C=O) groups is 4. The lowest BCUT2D eigenvalue weighted by atomic mass is 9.96. The van der Waals surface area contributed by atoms with Crippen molar-refractivity contribution >= 4 is 23.8 Å². The van der Waals surface area contributed by atoms with Gasteiger partial charge in [-0.15, -0.1) is 0 Å². The topological polar surface area (TPSA) is 224 Å². The predicted octanol–water partition coefficient (Wildman–Crippen LogP) is -3.25. The Morgan fingerprint density at radius 1 is 1.12 bits per heavy atom. The molecule has 190 valence electrons. The maximum absolute atomic E-state index is 12.3. The summed E-state index contributed by atoms with van der Waals surface area (Å²) in [6.07, 6.45) is -6.55. The number of carbonyl (C=O) groups excluding carboxylic acids is 2. The van der Waals surface area contributed by atoms with Crippen LogP contribution < -0.4 is 16.0 Å². The number of amides is 2. The first kappa shape index (κ1) is 28.7. The van der Waals surface area contributed by atoms with Crippen LogP contribution in [0.25, 0.3) is 0 Å². The van der Waals surface area contributed by atoms with E-state index in [1.807, 2.05) is 0 Å². The molecular weight excluding hydrogens is 446 g/mol. The van der Waals surface area contributed by atoms with Crippen molar-refractivity contribution in [2.24, 2.45) is 0 Å². The summed E-state index contributed by atoms with van der Waals surface area (Å²) < 4.78 is 10.9. The lowest BCUT2D eigenvalue weighted by molar-refractivity contribution is -0.267. The first-order valence-electron chi connectivity index (χ1n) is 10.4. The van der Waals surface area contributed by atoms with E-state index in [4.69, 9.17) is 19.7 Å². The van der Waals surface area contributed by atoms with Gasteiger partial charge in [0.2, 0.25) is 11.8 Å². The van der Waals surface area contributed by atoms with Crippen LogP contribution in [0, 0.1) is 0 Å². The van der Waals surface area contributed by atoms with Crippen LogP contribution >= 0.6 is 0 Å². The molecule has 0 aromatic rings. The predicted molar refractivity (Wildman–Crippen MR) is 110 cm³/mol. The molecule has 8 atom stereocenters. The van der Waals surface area contributed by atoms with Gasteiger partial charge in [0.1, 0.15) is 30.4 Å². The maximum atomic E-state index is 12.3. The first-order valence-corrected chi connectivity index (χ1v) is 10.4. The van der Waals surface area contributed by atoms with Gasteiger partial charge in [-0.1, -0.05) is 0 Å². The summed E-state index contributed by atoms with van der Waals surface area (Å²) in [5.74, 6) is -3.71. The Bertz CT molecular complexity index is 692. The molecule has 14 nitrogen and oxygen atoms in total. The van der Waals surface area contributed by atoms with Gasteiger partial charge in [0, 0.05) is 19.9 Å². The average molecular weight is 479 g/mol. The molecule has 14 heteroatoms. The van der Waals surface area contributed by atoms with Gasteiger partial charge in [0.25, 0.3) is 0 Å². The fraction of sp³-hybridized carbons (Fsp3) is 0.789. The molecule has 0 aromatic carbocycles. The number of aliphatic hydroxyl groups excluding tert-OH is 3. The van der Waals surface area contributed by atoms with E-state index in [1.54, 1.807) is 6.92 Å². The molecule has 8 N–H and O–H groups in total. The Hall–Kier alpha value is -2.36. The van der Waals surface area contributed by atoms with E-state index in [2.05, 4.69) is 16.0 Å². The summed E-state index contributed by atoms with van der Waals surface area (Å²) in [6, 6.07) is -3.35. The van der Waals surface area contributed by atoms with Crippen molar-refractivity contribution in [2.75, 3.05) is 13.2 Å². The van der Waals surface area contributed by atoms with Crippen LogP contribution in [-0.4, -0.2) is 111 Å². The Labute approximate surface area is 190 Å². The molecule has 1 aliphatic heterocycles. The summed E-state index contributed by atoms with van der Waals surface area (Å²) >= 11 is 0. The highest BCUT2D eigenvalue weighted by Crippen LogP contribution is 2.23. The summed E-state index contributed by atoms with van der Waals surface area (Å²) in [5.41, 5.74) is 0. The van der Waals surface area contributed by atoms with Crippen molar-refractivity contribution in [1.82, 2.24) is 16.0 Å². The second kappa shape index (κ2) is 13.4. The summed E-state index contributed by atoms with van der Waals surface area (Å²) in [6.45, 7) is 3.73. The van der Waals surface area contributed by atoms with Gasteiger partial charge < -0.3 is 51.0 Å². The number of aliphatic carboxylic acids is 2. The third-order valence-corrected chi connectivity index (χ3v) is 5.00. The van der Waals surface area contributed by atoms with Gasteiger partial charge in [-0.05, 0) is 20.3 Å². The Morgan fingerprint density at radius 2 is 1.76 bits per heavy atom. The molecule has 1 fully saturated rings. The maximum Gasteiger partial charge on any atom is 0.326 e. The Balaban J connectivity index is 2.68. The quantitative estimate of drug-likeness (QED) is 0.130. The van der Waals surface area contributed by atoms with Crippen LogP contribution in [0.4, 0.5) is 0 Å². The summed E-state index contributed by atoms with van der Waals surface area (Å²) in [4.78, 5) is 45.6. The molecule has 0 saturated carbocycles. The highest BCUT2D eigenvalue weighted by atomic mass is 16.6. The molecule has 1 unspecified atom stereocenters. The van der Waals surface area contributed by atoms with Crippen molar-refractivity contribution in [3.8, 4) is 0 Å². The largest absolute Gasteiger partial charge is 0.481 e. The molecule has 1 saturated heterocycles. The third-order valence-electron chi connectivity index (χ3n) is 5.00. The molecule has 0 spiro atoms. The minimum Gasteiger partial charge on any atom is -0.481 e. The van der Waals surface area contributed by atoms with Crippen molar-refractivity contribution in [3.05, 3.63) is 0 Å². The smallest absolute Gasteiger partial charge is 0.326 e. The number of carboxylic acid groups (broad SMARTS) is 2. The number of nitrogens with one attached hydrogen (secondary N) is 3. The fourth-order valence-corrected chi connectivity index (χ4v) is 3.21. The second-order valence-electron chi connectivity index (χ2n) is 7.84. The average Bonchev–Trinajstić information content (AvgIpc) is 2.73. The van der Waals surface area contributed by atoms with E-state index in [1.165, 1.54) is 13.8 Å². The first-order chi connectivity index (χ1) is 15.4. The molecule has 1 heterocycles. The van der Waals surface area contributed by atoms with E-state index < -0.39 is 85.6 Å². The number of ether oxygens (including phenoxy) is 2.